The summed E-state index contributed by atoms with van der Waals surface area (Å²) < 4.78 is 0. The van der Waals surface area contributed by atoms with Gasteiger partial charge < -0.3 is 0 Å². The number of aryl methyl sites for hydroxylation is 1. The summed E-state index contributed by atoms with van der Waals surface area (Å²) in [7, 11) is 0. The molecule has 1 N–H and O–H groups in total. The van der Waals surface area contributed by atoms with Gasteiger partial charge >= 0.3 is 0 Å². The van der Waals surface area contributed by atoms with Crippen molar-refractivity contribution in [2.75, 3.05) is 0 Å². The number of rotatable bonds is 3. The Hall–Kier alpha value is -0.830. The van der Waals surface area contributed by atoms with E-state index in [1.807, 2.05) is 20.8 Å². The van der Waals surface area contributed by atoms with Crippen LogP contribution in [-0.4, -0.2) is 16.0 Å². The quantitative estimate of drug-likeness (QED) is 0.762. The molecule has 0 aliphatic heterocycles. The molecule has 1 aromatic rings. The van der Waals surface area contributed by atoms with E-state index in [4.69, 9.17) is 11.6 Å². The van der Waals surface area contributed by atoms with Crippen LogP contribution in [0.1, 0.15) is 36.8 Å². The highest BCUT2D eigenvalue weighted by atomic mass is 35.5. The van der Waals surface area contributed by atoms with Gasteiger partial charge in [-0.1, -0.05) is 32.4 Å². The van der Waals surface area contributed by atoms with Crippen molar-refractivity contribution in [1.82, 2.24) is 10.2 Å². The van der Waals surface area contributed by atoms with Crippen LogP contribution in [0.5, 0.6) is 0 Å². The number of hydrogen-bond acceptors (Lipinski definition) is 2. The molecule has 0 fully saturated rings. The summed E-state index contributed by atoms with van der Waals surface area (Å²) >= 11 is 5.80. The molecule has 0 spiro atoms. The van der Waals surface area contributed by atoms with Crippen molar-refractivity contribution >= 4 is 17.4 Å². The minimum absolute atomic E-state index is 0.0413. The minimum atomic E-state index is -0.0413. The first kappa shape index (κ1) is 10.3. The van der Waals surface area contributed by atoms with Crippen LogP contribution in [0.2, 0.25) is 5.15 Å². The van der Waals surface area contributed by atoms with E-state index in [9.17, 15) is 4.79 Å². The van der Waals surface area contributed by atoms with Gasteiger partial charge in [0.15, 0.2) is 10.9 Å². The van der Waals surface area contributed by atoms with Crippen LogP contribution in [0.25, 0.3) is 0 Å². The molecule has 0 bridgehead atoms. The zero-order valence-electron chi connectivity index (χ0n) is 8.02. The summed E-state index contributed by atoms with van der Waals surface area (Å²) in [5.74, 6) is 0.0102. The summed E-state index contributed by atoms with van der Waals surface area (Å²) in [6.07, 6.45) is 0.744. The third-order valence-corrected chi connectivity index (χ3v) is 2.19. The number of Topliss-reactive ketones (excluding diaryl/α,β-unsaturated/α-hetero) is 1. The third kappa shape index (κ3) is 1.91. The number of aromatic amines is 1. The van der Waals surface area contributed by atoms with Gasteiger partial charge in [0.05, 0.1) is 5.56 Å². The van der Waals surface area contributed by atoms with E-state index < -0.39 is 0 Å². The van der Waals surface area contributed by atoms with E-state index in [2.05, 4.69) is 10.2 Å². The van der Waals surface area contributed by atoms with Gasteiger partial charge in [-0.2, -0.15) is 5.10 Å². The smallest absolute Gasteiger partial charge is 0.170 e. The molecular weight excluding hydrogens is 188 g/mol. The van der Waals surface area contributed by atoms with Crippen LogP contribution in [-0.2, 0) is 6.42 Å². The molecule has 72 valence electrons. The number of carbonyl (C=O) groups excluding carboxylic acids is 1. The van der Waals surface area contributed by atoms with Crippen molar-refractivity contribution in [3.63, 3.8) is 0 Å². The van der Waals surface area contributed by atoms with Gasteiger partial charge in [0.1, 0.15) is 0 Å². The van der Waals surface area contributed by atoms with Crippen LogP contribution in [0.15, 0.2) is 0 Å². The van der Waals surface area contributed by atoms with E-state index in [1.165, 1.54) is 0 Å². The molecule has 0 saturated heterocycles. The molecule has 0 unspecified atom stereocenters. The van der Waals surface area contributed by atoms with Gasteiger partial charge in [-0.05, 0) is 6.42 Å². The number of nitrogens with one attached hydrogen (secondary N) is 1. The van der Waals surface area contributed by atoms with E-state index in [0.717, 1.165) is 12.1 Å². The van der Waals surface area contributed by atoms with Crippen molar-refractivity contribution in [3.05, 3.63) is 16.4 Å². The summed E-state index contributed by atoms with van der Waals surface area (Å²) in [5, 5.41) is 6.85. The van der Waals surface area contributed by atoms with Crippen molar-refractivity contribution in [2.45, 2.75) is 27.2 Å². The summed E-state index contributed by atoms with van der Waals surface area (Å²) in [4.78, 5) is 11.7. The maximum atomic E-state index is 11.7. The Kier molecular flexibility index (Phi) is 3.09. The van der Waals surface area contributed by atoms with Gasteiger partial charge in [0.2, 0.25) is 0 Å². The highest BCUT2D eigenvalue weighted by Crippen LogP contribution is 2.20. The molecular formula is C9H13ClN2O. The highest BCUT2D eigenvalue weighted by molar-refractivity contribution is 6.33. The van der Waals surface area contributed by atoms with Gasteiger partial charge in [-0.25, -0.2) is 0 Å². The second kappa shape index (κ2) is 3.92. The number of nitrogens with zero attached hydrogens (tertiary/aromatic N) is 1. The monoisotopic (exact) mass is 200 g/mol. The second-order valence-corrected chi connectivity index (χ2v) is 3.60. The van der Waals surface area contributed by atoms with Crippen LogP contribution in [0.4, 0.5) is 0 Å². The molecule has 0 radical (unpaired) electrons. The number of aromatic nitrogens is 2. The van der Waals surface area contributed by atoms with Gasteiger partial charge in [-0.3, -0.25) is 9.89 Å². The Morgan fingerprint density at radius 3 is 2.69 bits per heavy atom. The highest BCUT2D eigenvalue weighted by Gasteiger charge is 2.20. The topological polar surface area (TPSA) is 45.8 Å². The maximum absolute atomic E-state index is 11.7. The lowest BCUT2D eigenvalue weighted by atomic mass is 10.0. The second-order valence-electron chi connectivity index (χ2n) is 3.24. The van der Waals surface area contributed by atoms with Crippen LogP contribution in [0, 0.1) is 5.92 Å². The average molecular weight is 201 g/mol. The first-order valence-corrected chi connectivity index (χ1v) is 4.72. The Balaban J connectivity index is 3.11. The fourth-order valence-electron chi connectivity index (χ4n) is 1.15. The first-order chi connectivity index (χ1) is 6.07. The SMILES string of the molecule is CCc1[nH]nc(Cl)c1C(=O)C(C)C. The fraction of sp³-hybridized carbons (Fsp3) is 0.556. The summed E-state index contributed by atoms with van der Waals surface area (Å²) in [6.45, 7) is 5.66. The molecule has 0 aliphatic rings. The molecule has 1 rings (SSSR count). The number of hydrogen-bond donors (Lipinski definition) is 1. The minimum Gasteiger partial charge on any atom is -0.294 e. The van der Waals surface area contributed by atoms with E-state index in [0.29, 0.717) is 5.56 Å². The Morgan fingerprint density at radius 2 is 2.23 bits per heavy atom. The Labute approximate surface area is 82.5 Å². The zero-order valence-corrected chi connectivity index (χ0v) is 8.77. The van der Waals surface area contributed by atoms with Gasteiger partial charge in [-0.15, -0.1) is 0 Å². The number of carbonyl (C=O) groups is 1. The van der Waals surface area contributed by atoms with Crippen molar-refractivity contribution < 1.29 is 4.79 Å². The largest absolute Gasteiger partial charge is 0.294 e. The molecule has 13 heavy (non-hydrogen) atoms. The average Bonchev–Trinajstić information content (AvgIpc) is 2.45. The lowest BCUT2D eigenvalue weighted by Gasteiger charge is -2.03. The van der Waals surface area contributed by atoms with Crippen molar-refractivity contribution in [3.8, 4) is 0 Å². The van der Waals surface area contributed by atoms with E-state index >= 15 is 0 Å². The first-order valence-electron chi connectivity index (χ1n) is 4.34. The summed E-state index contributed by atoms with van der Waals surface area (Å²) in [5.41, 5.74) is 1.38. The Bertz CT molecular complexity index is 317. The Morgan fingerprint density at radius 1 is 1.62 bits per heavy atom. The van der Waals surface area contributed by atoms with Crippen LogP contribution < -0.4 is 0 Å². The van der Waals surface area contributed by atoms with Crippen molar-refractivity contribution in [1.29, 1.82) is 0 Å². The van der Waals surface area contributed by atoms with E-state index in [1.54, 1.807) is 0 Å². The van der Waals surface area contributed by atoms with Crippen molar-refractivity contribution in [2.24, 2.45) is 5.92 Å². The molecule has 1 heterocycles. The molecule has 1 aromatic heterocycles. The van der Waals surface area contributed by atoms with Gasteiger partial charge in [0, 0.05) is 11.6 Å². The molecule has 0 atom stereocenters. The molecule has 3 nitrogen and oxygen atoms in total. The molecule has 0 saturated carbocycles. The van der Waals surface area contributed by atoms with E-state index in [-0.39, 0.29) is 16.9 Å². The zero-order chi connectivity index (χ0) is 10.0. The third-order valence-electron chi connectivity index (χ3n) is 1.92. The molecule has 4 heteroatoms. The molecule has 0 aliphatic carbocycles. The lowest BCUT2D eigenvalue weighted by Crippen LogP contribution is -2.09. The standard InChI is InChI=1S/C9H13ClN2O/c1-4-6-7(8(13)5(2)3)9(10)12-11-6/h5H,4H2,1-3H3,(H,11,12). The maximum Gasteiger partial charge on any atom is 0.170 e. The molecule has 0 aromatic carbocycles. The van der Waals surface area contributed by atoms with Crippen LogP contribution in [0.3, 0.4) is 0 Å². The number of ketones is 1. The predicted molar refractivity (Wildman–Crippen MR) is 52.1 cm³/mol. The fourth-order valence-corrected chi connectivity index (χ4v) is 1.40. The predicted octanol–water partition coefficient (Wildman–Crippen LogP) is 2.46. The molecule has 0 amide bonds. The van der Waals surface area contributed by atoms with Gasteiger partial charge in [0.25, 0.3) is 0 Å². The number of H-pyrrole nitrogens is 1. The normalized spacial score (nSPS) is 10.8. The lowest BCUT2D eigenvalue weighted by molar-refractivity contribution is 0.0938. The number of halogens is 1. The summed E-state index contributed by atoms with van der Waals surface area (Å²) in [6, 6.07) is 0. The van der Waals surface area contributed by atoms with Crippen LogP contribution >= 0.6 is 11.6 Å².